The van der Waals surface area contributed by atoms with Gasteiger partial charge in [-0.25, -0.2) is 12.6 Å². The molecule has 0 saturated heterocycles. The van der Waals surface area contributed by atoms with Gasteiger partial charge in [-0.1, -0.05) is 31.5 Å². The van der Waals surface area contributed by atoms with Crippen molar-refractivity contribution in [3.63, 3.8) is 0 Å². The van der Waals surface area contributed by atoms with Crippen molar-refractivity contribution in [2.24, 2.45) is 5.92 Å². The summed E-state index contributed by atoms with van der Waals surface area (Å²) in [6.07, 6.45) is -2.92. The van der Waals surface area contributed by atoms with E-state index in [1.165, 1.54) is 30.5 Å². The summed E-state index contributed by atoms with van der Waals surface area (Å²) in [7, 11) is -3.70. The molecule has 0 radical (unpaired) electrons. The highest BCUT2D eigenvalue weighted by molar-refractivity contribution is 8.13. The smallest absolute Gasteiger partial charge is 0.289 e. The van der Waals surface area contributed by atoms with Crippen LogP contribution in [0, 0.1) is 5.92 Å². The first-order valence-electron chi connectivity index (χ1n) is 8.27. The van der Waals surface area contributed by atoms with E-state index in [0.29, 0.717) is 17.1 Å². The largest absolute Gasteiger partial charge is 0.393 e. The molecule has 1 aromatic rings. The summed E-state index contributed by atoms with van der Waals surface area (Å²) in [5.41, 5.74) is 0.155. The number of unbranched alkanes of at least 4 members (excludes halogenated alkanes) is 1. The Balaban J connectivity index is 3.09. The van der Waals surface area contributed by atoms with E-state index in [2.05, 4.69) is 0 Å². The van der Waals surface area contributed by atoms with E-state index in [1.807, 2.05) is 0 Å². The van der Waals surface area contributed by atoms with Crippen LogP contribution in [0.25, 0.3) is 0 Å². The van der Waals surface area contributed by atoms with Gasteiger partial charge in [-0.05, 0) is 31.2 Å². The number of benzene rings is 1. The lowest BCUT2D eigenvalue weighted by Crippen LogP contribution is -2.40. The third kappa shape index (κ3) is 7.63. The van der Waals surface area contributed by atoms with Crippen molar-refractivity contribution < 1.29 is 30.4 Å². The van der Waals surface area contributed by atoms with Crippen molar-refractivity contribution in [3.05, 3.63) is 30.3 Å². The molecule has 0 fully saturated rings. The Morgan fingerprint density at radius 1 is 1.26 bits per heavy atom. The maximum atomic E-state index is 13.6. The van der Waals surface area contributed by atoms with Crippen molar-refractivity contribution in [1.29, 1.82) is 0 Å². The molecule has 0 bridgehead atoms. The van der Waals surface area contributed by atoms with Crippen molar-refractivity contribution in [2.75, 3.05) is 22.9 Å². The quantitative estimate of drug-likeness (QED) is 0.517. The van der Waals surface area contributed by atoms with Crippen molar-refractivity contribution in [2.45, 2.75) is 36.9 Å². The highest BCUT2D eigenvalue weighted by Crippen LogP contribution is 2.36. The average Bonchev–Trinajstić information content (AvgIpc) is 2.59. The molecule has 3 atom stereocenters. The molecule has 0 aliphatic rings. The first-order valence-corrected chi connectivity index (χ1v) is 12.3. The second-order valence-corrected chi connectivity index (χ2v) is 10.5. The molecular formula is C16H24F3NO4S3. The summed E-state index contributed by atoms with van der Waals surface area (Å²) in [6.45, 7) is 0.993. The zero-order chi connectivity index (χ0) is 20.7. The van der Waals surface area contributed by atoms with Crippen LogP contribution in [0.5, 0.6) is 0 Å². The van der Waals surface area contributed by atoms with E-state index < -0.39 is 50.7 Å². The van der Waals surface area contributed by atoms with Crippen LogP contribution in [-0.2, 0) is 21.1 Å². The van der Waals surface area contributed by atoms with Gasteiger partial charge in [0.25, 0.3) is 11.3 Å². The summed E-state index contributed by atoms with van der Waals surface area (Å²) >= 11 is -1.82. The Bertz CT molecular complexity index is 699. The van der Waals surface area contributed by atoms with Gasteiger partial charge in [0.2, 0.25) is 0 Å². The highest BCUT2D eigenvalue weighted by atomic mass is 32.3. The standard InChI is InChI=1S/C16H24F3NO4S3/c1-3-4-10-27(23,24)15(25-2)11-13(16(17,18)19)12-20(26(21)22)14-8-6-5-7-9-14/h5-9,13,15H,3-4,10-12H2,1-2H3,(H,21,22). The van der Waals surface area contributed by atoms with Gasteiger partial charge in [0.1, 0.15) is 4.58 Å². The minimum Gasteiger partial charge on any atom is -0.289 e. The first-order chi connectivity index (χ1) is 12.5. The van der Waals surface area contributed by atoms with Gasteiger partial charge in [0.15, 0.2) is 9.84 Å². The van der Waals surface area contributed by atoms with Gasteiger partial charge in [-0.2, -0.15) is 13.2 Å². The van der Waals surface area contributed by atoms with Crippen LogP contribution in [0.15, 0.2) is 30.3 Å². The number of anilines is 1. The lowest BCUT2D eigenvalue weighted by Gasteiger charge is -2.29. The van der Waals surface area contributed by atoms with Crippen LogP contribution in [0.2, 0.25) is 0 Å². The van der Waals surface area contributed by atoms with Gasteiger partial charge >= 0.3 is 6.18 Å². The molecule has 3 unspecified atom stereocenters. The van der Waals surface area contributed by atoms with E-state index in [-0.39, 0.29) is 11.4 Å². The van der Waals surface area contributed by atoms with Crippen molar-refractivity contribution in [3.8, 4) is 0 Å². The van der Waals surface area contributed by atoms with E-state index >= 15 is 0 Å². The van der Waals surface area contributed by atoms with E-state index in [9.17, 15) is 30.4 Å². The molecule has 1 rings (SSSR count). The Labute approximate surface area is 165 Å². The molecule has 0 aliphatic carbocycles. The fraction of sp³-hybridized carbons (Fsp3) is 0.625. The number of halogens is 3. The van der Waals surface area contributed by atoms with Crippen LogP contribution in [0.1, 0.15) is 26.2 Å². The Hall–Kier alpha value is -0.780. The van der Waals surface area contributed by atoms with Crippen LogP contribution >= 0.6 is 11.8 Å². The number of thioether (sulfide) groups is 1. The first kappa shape index (κ1) is 24.3. The number of alkyl halides is 3. The number of para-hydroxylation sites is 1. The summed E-state index contributed by atoms with van der Waals surface area (Å²) in [5.74, 6) is -2.24. The highest BCUT2D eigenvalue weighted by Gasteiger charge is 2.44. The van der Waals surface area contributed by atoms with Crippen LogP contribution in [-0.4, -0.2) is 46.5 Å². The molecule has 0 spiro atoms. The molecule has 156 valence electrons. The van der Waals surface area contributed by atoms with E-state index in [4.69, 9.17) is 0 Å². The van der Waals surface area contributed by atoms with Gasteiger partial charge in [0.05, 0.1) is 17.4 Å². The molecule has 5 nitrogen and oxygen atoms in total. The Morgan fingerprint density at radius 2 is 1.85 bits per heavy atom. The van der Waals surface area contributed by atoms with Crippen LogP contribution in [0.4, 0.5) is 18.9 Å². The van der Waals surface area contributed by atoms with Gasteiger partial charge in [-0.3, -0.25) is 8.86 Å². The molecule has 1 aromatic carbocycles. The Kier molecular flexibility index (Phi) is 9.59. The lowest BCUT2D eigenvalue weighted by atomic mass is 10.1. The summed E-state index contributed by atoms with van der Waals surface area (Å²) < 4.78 is 86.0. The molecule has 27 heavy (non-hydrogen) atoms. The molecule has 0 heterocycles. The monoisotopic (exact) mass is 447 g/mol. The molecule has 0 aromatic heterocycles. The second kappa shape index (κ2) is 10.7. The van der Waals surface area contributed by atoms with Gasteiger partial charge in [-0.15, -0.1) is 11.8 Å². The molecule has 0 aliphatic heterocycles. The minimum atomic E-state index is -4.71. The summed E-state index contributed by atoms with van der Waals surface area (Å²) in [5, 5.41) is 0. The number of sulfone groups is 1. The normalized spacial score (nSPS) is 15.9. The molecular weight excluding hydrogens is 423 g/mol. The Morgan fingerprint density at radius 3 is 2.30 bits per heavy atom. The maximum absolute atomic E-state index is 13.6. The summed E-state index contributed by atoms with van der Waals surface area (Å²) in [4.78, 5) is 0. The average molecular weight is 448 g/mol. The molecule has 0 saturated carbocycles. The van der Waals surface area contributed by atoms with Crippen LogP contribution < -0.4 is 4.31 Å². The van der Waals surface area contributed by atoms with Crippen molar-refractivity contribution in [1.82, 2.24) is 0 Å². The topological polar surface area (TPSA) is 74.7 Å². The van der Waals surface area contributed by atoms with Gasteiger partial charge in [0, 0.05) is 6.54 Å². The fourth-order valence-corrected chi connectivity index (χ4v) is 6.44. The SMILES string of the molecule is CCCCS(=O)(=O)C(CC(CN(c1ccccc1)S(=O)O)C(F)(F)F)SC. The second-order valence-electron chi connectivity index (χ2n) is 5.99. The number of rotatable bonds is 11. The minimum absolute atomic E-state index is 0.155. The van der Waals surface area contributed by atoms with E-state index in [0.717, 1.165) is 11.8 Å². The predicted octanol–water partition coefficient (Wildman–Crippen LogP) is 4.10. The maximum Gasteiger partial charge on any atom is 0.393 e. The number of nitrogens with zero attached hydrogens (tertiary/aromatic N) is 1. The number of hydrogen-bond donors (Lipinski definition) is 1. The zero-order valence-electron chi connectivity index (χ0n) is 15.1. The fourth-order valence-electron chi connectivity index (χ4n) is 2.46. The number of hydrogen-bond acceptors (Lipinski definition) is 4. The van der Waals surface area contributed by atoms with Gasteiger partial charge < -0.3 is 0 Å². The lowest BCUT2D eigenvalue weighted by molar-refractivity contribution is -0.172. The van der Waals surface area contributed by atoms with Crippen LogP contribution in [0.3, 0.4) is 0 Å². The zero-order valence-corrected chi connectivity index (χ0v) is 17.5. The molecule has 0 amide bonds. The van der Waals surface area contributed by atoms with Crippen molar-refractivity contribution >= 4 is 38.6 Å². The predicted molar refractivity (Wildman–Crippen MR) is 105 cm³/mol. The van der Waals surface area contributed by atoms with E-state index in [1.54, 1.807) is 13.0 Å². The molecule has 1 N–H and O–H groups in total. The summed E-state index contributed by atoms with van der Waals surface area (Å²) in [6, 6.07) is 7.56. The third-order valence-corrected chi connectivity index (χ3v) is 8.77. The molecule has 11 heteroatoms. The third-order valence-electron chi connectivity index (χ3n) is 4.00.